The van der Waals surface area contributed by atoms with Crippen molar-refractivity contribution in [2.45, 2.75) is 25.7 Å². The predicted molar refractivity (Wildman–Crippen MR) is 67.9 cm³/mol. The van der Waals surface area contributed by atoms with E-state index in [2.05, 4.69) is 42.2 Å². The van der Waals surface area contributed by atoms with Crippen molar-refractivity contribution in [1.82, 2.24) is 4.90 Å². The Hall–Kier alpha value is -0.900. The lowest BCUT2D eigenvalue weighted by Gasteiger charge is -2.36. The topological polar surface area (TPSA) is 21.7 Å². The SMILES string of the molecule is COCC1CN(Cc2ccccc2)CC(C)O1. The largest absolute Gasteiger partial charge is 0.382 e. The number of ether oxygens (including phenoxy) is 2. The van der Waals surface area contributed by atoms with Crippen LogP contribution in [0.1, 0.15) is 12.5 Å². The van der Waals surface area contributed by atoms with Crippen molar-refractivity contribution in [3.05, 3.63) is 35.9 Å². The summed E-state index contributed by atoms with van der Waals surface area (Å²) in [4.78, 5) is 2.44. The van der Waals surface area contributed by atoms with Crippen LogP contribution in [0.15, 0.2) is 30.3 Å². The van der Waals surface area contributed by atoms with Crippen LogP contribution in [0.25, 0.3) is 0 Å². The molecular weight excluding hydrogens is 214 g/mol. The van der Waals surface area contributed by atoms with E-state index in [0.29, 0.717) is 6.61 Å². The van der Waals surface area contributed by atoms with Crippen LogP contribution in [0.3, 0.4) is 0 Å². The first-order chi connectivity index (χ1) is 8.28. The zero-order valence-corrected chi connectivity index (χ0v) is 10.6. The zero-order chi connectivity index (χ0) is 12.1. The Kier molecular flexibility index (Phi) is 4.54. The van der Waals surface area contributed by atoms with Gasteiger partial charge in [-0.15, -0.1) is 0 Å². The molecule has 1 aliphatic heterocycles. The van der Waals surface area contributed by atoms with E-state index < -0.39 is 0 Å². The molecule has 1 fully saturated rings. The maximum Gasteiger partial charge on any atom is 0.0939 e. The summed E-state index contributed by atoms with van der Waals surface area (Å²) in [5, 5.41) is 0. The highest BCUT2D eigenvalue weighted by Gasteiger charge is 2.24. The molecule has 0 radical (unpaired) electrons. The van der Waals surface area contributed by atoms with E-state index in [1.165, 1.54) is 5.56 Å². The number of methoxy groups -OCH3 is 1. The van der Waals surface area contributed by atoms with Gasteiger partial charge in [0.05, 0.1) is 18.8 Å². The molecule has 2 rings (SSSR count). The summed E-state index contributed by atoms with van der Waals surface area (Å²) in [6.07, 6.45) is 0.486. The normalized spacial score (nSPS) is 26.0. The third-order valence-corrected chi connectivity index (χ3v) is 3.00. The van der Waals surface area contributed by atoms with Gasteiger partial charge in [0, 0.05) is 26.7 Å². The molecular formula is C14H21NO2. The molecule has 0 saturated carbocycles. The van der Waals surface area contributed by atoms with E-state index in [0.717, 1.165) is 19.6 Å². The Balaban J connectivity index is 1.92. The third kappa shape index (κ3) is 3.80. The van der Waals surface area contributed by atoms with Crippen LogP contribution in [0.4, 0.5) is 0 Å². The van der Waals surface area contributed by atoms with E-state index in [1.807, 2.05) is 0 Å². The molecule has 2 atom stereocenters. The van der Waals surface area contributed by atoms with Crippen molar-refractivity contribution in [3.8, 4) is 0 Å². The van der Waals surface area contributed by atoms with Crippen molar-refractivity contribution in [1.29, 1.82) is 0 Å². The van der Waals surface area contributed by atoms with Crippen LogP contribution in [0.5, 0.6) is 0 Å². The molecule has 3 heteroatoms. The van der Waals surface area contributed by atoms with Crippen molar-refractivity contribution in [3.63, 3.8) is 0 Å². The van der Waals surface area contributed by atoms with Crippen molar-refractivity contribution >= 4 is 0 Å². The lowest BCUT2D eigenvalue weighted by molar-refractivity contribution is -0.103. The zero-order valence-electron chi connectivity index (χ0n) is 10.6. The average Bonchev–Trinajstić information content (AvgIpc) is 2.30. The fourth-order valence-corrected chi connectivity index (χ4v) is 2.39. The van der Waals surface area contributed by atoms with Gasteiger partial charge < -0.3 is 9.47 Å². The van der Waals surface area contributed by atoms with E-state index in [-0.39, 0.29) is 12.2 Å². The molecule has 0 spiro atoms. The van der Waals surface area contributed by atoms with Crippen molar-refractivity contribution < 1.29 is 9.47 Å². The van der Waals surface area contributed by atoms with E-state index in [1.54, 1.807) is 7.11 Å². The fraction of sp³-hybridized carbons (Fsp3) is 0.571. The fourth-order valence-electron chi connectivity index (χ4n) is 2.39. The second-order valence-electron chi connectivity index (χ2n) is 4.70. The van der Waals surface area contributed by atoms with Crippen LogP contribution in [0, 0.1) is 0 Å². The molecule has 2 unspecified atom stereocenters. The van der Waals surface area contributed by atoms with E-state index >= 15 is 0 Å². The first-order valence-electron chi connectivity index (χ1n) is 6.18. The minimum Gasteiger partial charge on any atom is -0.382 e. The van der Waals surface area contributed by atoms with Gasteiger partial charge in [-0.05, 0) is 12.5 Å². The van der Waals surface area contributed by atoms with Gasteiger partial charge in [-0.2, -0.15) is 0 Å². The Morgan fingerprint density at radius 2 is 2.06 bits per heavy atom. The number of hydrogen-bond acceptors (Lipinski definition) is 3. The highest BCUT2D eigenvalue weighted by Crippen LogP contribution is 2.14. The molecule has 94 valence electrons. The highest BCUT2D eigenvalue weighted by molar-refractivity contribution is 5.14. The molecule has 1 heterocycles. The molecule has 0 bridgehead atoms. The Morgan fingerprint density at radius 1 is 1.29 bits per heavy atom. The Morgan fingerprint density at radius 3 is 2.76 bits per heavy atom. The smallest absolute Gasteiger partial charge is 0.0939 e. The van der Waals surface area contributed by atoms with Gasteiger partial charge in [0.15, 0.2) is 0 Å². The summed E-state index contributed by atoms with van der Waals surface area (Å²) in [7, 11) is 1.73. The minimum absolute atomic E-state index is 0.201. The second kappa shape index (κ2) is 6.15. The number of morpholine rings is 1. The molecule has 17 heavy (non-hydrogen) atoms. The first kappa shape index (κ1) is 12.6. The number of benzene rings is 1. The molecule has 1 aromatic carbocycles. The van der Waals surface area contributed by atoms with Gasteiger partial charge >= 0.3 is 0 Å². The van der Waals surface area contributed by atoms with Crippen LogP contribution in [0.2, 0.25) is 0 Å². The van der Waals surface area contributed by atoms with Gasteiger partial charge in [-0.1, -0.05) is 30.3 Å². The summed E-state index contributed by atoms with van der Waals surface area (Å²) in [5.74, 6) is 0. The molecule has 1 aromatic rings. The number of rotatable bonds is 4. The first-order valence-corrected chi connectivity index (χ1v) is 6.18. The molecule has 3 nitrogen and oxygen atoms in total. The molecule has 0 aromatic heterocycles. The van der Waals surface area contributed by atoms with Crippen molar-refractivity contribution in [2.75, 3.05) is 26.8 Å². The Bertz CT molecular complexity index is 328. The monoisotopic (exact) mass is 235 g/mol. The average molecular weight is 235 g/mol. The predicted octanol–water partition coefficient (Wildman–Crippen LogP) is 1.92. The standard InChI is InChI=1S/C14H21NO2/c1-12-8-15(10-14(17-12)11-16-2)9-13-6-4-3-5-7-13/h3-7,12,14H,8-11H2,1-2H3. The summed E-state index contributed by atoms with van der Waals surface area (Å²) < 4.78 is 11.0. The highest BCUT2D eigenvalue weighted by atomic mass is 16.5. The summed E-state index contributed by atoms with van der Waals surface area (Å²) in [6, 6.07) is 10.6. The van der Waals surface area contributed by atoms with Crippen LogP contribution >= 0.6 is 0 Å². The molecule has 0 amide bonds. The maximum absolute atomic E-state index is 5.83. The van der Waals surface area contributed by atoms with Gasteiger partial charge in [0.2, 0.25) is 0 Å². The summed E-state index contributed by atoms with van der Waals surface area (Å²) in [5.41, 5.74) is 1.36. The molecule has 0 aliphatic carbocycles. The molecule has 0 N–H and O–H groups in total. The lowest BCUT2D eigenvalue weighted by Crippen LogP contribution is -2.47. The van der Waals surface area contributed by atoms with Gasteiger partial charge in [0.25, 0.3) is 0 Å². The van der Waals surface area contributed by atoms with Gasteiger partial charge in [0.1, 0.15) is 0 Å². The van der Waals surface area contributed by atoms with Gasteiger partial charge in [-0.3, -0.25) is 4.90 Å². The maximum atomic E-state index is 5.83. The third-order valence-electron chi connectivity index (χ3n) is 3.00. The van der Waals surface area contributed by atoms with E-state index in [9.17, 15) is 0 Å². The molecule has 1 saturated heterocycles. The Labute approximate surface area is 103 Å². The second-order valence-corrected chi connectivity index (χ2v) is 4.70. The quantitative estimate of drug-likeness (QED) is 0.796. The number of nitrogens with zero attached hydrogens (tertiary/aromatic N) is 1. The van der Waals surface area contributed by atoms with Crippen molar-refractivity contribution in [2.24, 2.45) is 0 Å². The summed E-state index contributed by atoms with van der Waals surface area (Å²) in [6.45, 7) is 5.74. The van der Waals surface area contributed by atoms with Crippen LogP contribution in [-0.2, 0) is 16.0 Å². The lowest BCUT2D eigenvalue weighted by atomic mass is 10.1. The van der Waals surface area contributed by atoms with Gasteiger partial charge in [-0.25, -0.2) is 0 Å². The van der Waals surface area contributed by atoms with Crippen LogP contribution in [-0.4, -0.2) is 43.9 Å². The van der Waals surface area contributed by atoms with E-state index in [4.69, 9.17) is 9.47 Å². The van der Waals surface area contributed by atoms with Crippen LogP contribution < -0.4 is 0 Å². The summed E-state index contributed by atoms with van der Waals surface area (Å²) >= 11 is 0. The number of hydrogen-bond donors (Lipinski definition) is 0. The minimum atomic E-state index is 0.201. The molecule has 1 aliphatic rings.